The topological polar surface area (TPSA) is 44.8 Å². The van der Waals surface area contributed by atoms with E-state index in [0.717, 1.165) is 14.0 Å². The minimum absolute atomic E-state index is 0.318. The Morgan fingerprint density at radius 3 is 2.45 bits per heavy atom. The molecule has 1 aromatic carbocycles. The highest BCUT2D eigenvalue weighted by Crippen LogP contribution is 2.37. The lowest BCUT2D eigenvalue weighted by Crippen LogP contribution is -2.55. The summed E-state index contributed by atoms with van der Waals surface area (Å²) in [4.78, 5) is 11.3. The molecule has 0 radical (unpaired) electrons. The highest BCUT2D eigenvalue weighted by Gasteiger charge is 2.52. The number of hydrogen-bond donors (Lipinski definition) is 0. The normalized spacial score (nSPS) is 25.4. The van der Waals surface area contributed by atoms with Crippen LogP contribution < -0.4 is 9.47 Å². The second kappa shape index (κ2) is 5.26. The van der Waals surface area contributed by atoms with Crippen LogP contribution in [0.15, 0.2) is 24.3 Å². The van der Waals surface area contributed by atoms with Crippen LogP contribution in [0.3, 0.4) is 0 Å². The molecule has 0 saturated heterocycles. The monoisotopic (exact) mass is 286 g/mol. The fourth-order valence-electron chi connectivity index (χ4n) is 2.07. The number of alkyl halides is 2. The molecule has 0 aliphatic carbocycles. The van der Waals surface area contributed by atoms with E-state index in [1.807, 2.05) is 0 Å². The average Bonchev–Trinajstić information content (AvgIpc) is 2.44. The van der Waals surface area contributed by atoms with Gasteiger partial charge in [-0.25, -0.2) is 13.6 Å². The van der Waals surface area contributed by atoms with Gasteiger partial charge in [0, 0.05) is 0 Å². The van der Waals surface area contributed by atoms with Crippen LogP contribution in [0.4, 0.5) is 8.78 Å². The number of esters is 1. The summed E-state index contributed by atoms with van der Waals surface area (Å²) >= 11 is 0. The van der Waals surface area contributed by atoms with E-state index in [-0.39, 0.29) is 0 Å². The summed E-state index contributed by atoms with van der Waals surface area (Å²) in [7, 11) is 1.00. The van der Waals surface area contributed by atoms with Crippen molar-refractivity contribution >= 4 is 5.97 Å². The number of methoxy groups -OCH3 is 1. The summed E-state index contributed by atoms with van der Waals surface area (Å²) in [6, 6.07) is 6.70. The minimum Gasteiger partial charge on any atom is -0.483 e. The van der Waals surface area contributed by atoms with Gasteiger partial charge in [0.15, 0.2) is 23.8 Å². The highest BCUT2D eigenvalue weighted by atomic mass is 19.2. The van der Waals surface area contributed by atoms with Crippen LogP contribution in [-0.2, 0) is 9.53 Å². The minimum atomic E-state index is -2.80. The Bertz CT molecular complexity index is 504. The number of fused-ring (bicyclic) bond motifs is 1. The van der Waals surface area contributed by atoms with Crippen LogP contribution in [0.1, 0.15) is 13.8 Å². The van der Waals surface area contributed by atoms with Gasteiger partial charge in [-0.1, -0.05) is 12.1 Å². The maximum Gasteiger partial charge on any atom is 0.346 e. The molecule has 4 atom stereocenters. The van der Waals surface area contributed by atoms with Crippen LogP contribution in [0.5, 0.6) is 11.5 Å². The van der Waals surface area contributed by atoms with Crippen molar-refractivity contribution in [2.75, 3.05) is 7.11 Å². The Hall–Kier alpha value is -1.85. The lowest BCUT2D eigenvalue weighted by atomic mass is 9.94. The summed E-state index contributed by atoms with van der Waals surface area (Å²) in [6.07, 6.45) is -4.18. The van der Waals surface area contributed by atoms with Crippen molar-refractivity contribution in [3.05, 3.63) is 24.3 Å². The van der Waals surface area contributed by atoms with Gasteiger partial charge in [0.05, 0.1) is 7.11 Å². The molecule has 0 spiro atoms. The standard InChI is InChI=1S/C14H16F2O4/c1-8-11(12(15)14(2,16)13(17)18-3)20-10-7-5-4-6-9(10)19-8/h4-8,11-12H,1-3H3. The SMILES string of the molecule is COC(=O)C(C)(F)C(F)C1Oc2ccccc2OC1C. The quantitative estimate of drug-likeness (QED) is 0.801. The highest BCUT2D eigenvalue weighted by molar-refractivity contribution is 5.79. The lowest BCUT2D eigenvalue weighted by Gasteiger charge is -2.36. The summed E-state index contributed by atoms with van der Waals surface area (Å²) in [6.45, 7) is 2.39. The van der Waals surface area contributed by atoms with Crippen LogP contribution in [0, 0.1) is 0 Å². The van der Waals surface area contributed by atoms with Crippen molar-refractivity contribution in [3.63, 3.8) is 0 Å². The van der Waals surface area contributed by atoms with Crippen molar-refractivity contribution < 1.29 is 27.8 Å². The van der Waals surface area contributed by atoms with Gasteiger partial charge in [-0.3, -0.25) is 0 Å². The van der Waals surface area contributed by atoms with E-state index in [1.54, 1.807) is 31.2 Å². The molecule has 1 aromatic rings. The molecule has 20 heavy (non-hydrogen) atoms. The van der Waals surface area contributed by atoms with Gasteiger partial charge in [-0.15, -0.1) is 0 Å². The number of benzene rings is 1. The van der Waals surface area contributed by atoms with Crippen molar-refractivity contribution in [1.82, 2.24) is 0 Å². The molecule has 1 aliphatic rings. The molecule has 1 heterocycles. The number of carbonyl (C=O) groups is 1. The third-order valence-electron chi connectivity index (χ3n) is 3.28. The van der Waals surface area contributed by atoms with Crippen LogP contribution >= 0.6 is 0 Å². The second-order valence-corrected chi connectivity index (χ2v) is 4.82. The van der Waals surface area contributed by atoms with Crippen LogP contribution in [0.2, 0.25) is 0 Å². The molecule has 110 valence electrons. The van der Waals surface area contributed by atoms with E-state index >= 15 is 0 Å². The summed E-state index contributed by atoms with van der Waals surface area (Å²) in [5.74, 6) is -0.499. The van der Waals surface area contributed by atoms with Gasteiger partial charge in [-0.2, -0.15) is 0 Å². The van der Waals surface area contributed by atoms with Gasteiger partial charge < -0.3 is 14.2 Å². The third kappa shape index (κ3) is 2.42. The zero-order valence-corrected chi connectivity index (χ0v) is 11.4. The second-order valence-electron chi connectivity index (χ2n) is 4.82. The van der Waals surface area contributed by atoms with E-state index < -0.39 is 30.0 Å². The molecular weight excluding hydrogens is 270 g/mol. The first kappa shape index (κ1) is 14.6. The molecule has 1 aliphatic heterocycles. The van der Waals surface area contributed by atoms with Crippen molar-refractivity contribution in [1.29, 1.82) is 0 Å². The Kier molecular flexibility index (Phi) is 3.83. The lowest BCUT2D eigenvalue weighted by molar-refractivity contribution is -0.164. The molecule has 4 nitrogen and oxygen atoms in total. The largest absolute Gasteiger partial charge is 0.483 e. The average molecular weight is 286 g/mol. The summed E-state index contributed by atoms with van der Waals surface area (Å²) in [5, 5.41) is 0. The van der Waals surface area contributed by atoms with Gasteiger partial charge in [-0.05, 0) is 26.0 Å². The molecule has 6 heteroatoms. The van der Waals surface area contributed by atoms with E-state index in [0.29, 0.717) is 11.5 Å². The van der Waals surface area contributed by atoms with E-state index in [1.165, 1.54) is 0 Å². The molecule has 2 rings (SSSR count). The van der Waals surface area contributed by atoms with Crippen molar-refractivity contribution in [2.45, 2.75) is 37.9 Å². The van der Waals surface area contributed by atoms with E-state index in [9.17, 15) is 13.6 Å². The predicted molar refractivity (Wildman–Crippen MR) is 67.4 cm³/mol. The molecule has 0 bridgehead atoms. The number of ether oxygens (including phenoxy) is 3. The van der Waals surface area contributed by atoms with Gasteiger partial charge in [0.1, 0.15) is 6.10 Å². The first-order chi connectivity index (χ1) is 9.37. The maximum absolute atomic E-state index is 14.4. The first-order valence-electron chi connectivity index (χ1n) is 6.21. The number of hydrogen-bond acceptors (Lipinski definition) is 4. The fourth-order valence-corrected chi connectivity index (χ4v) is 2.07. The molecule has 0 aromatic heterocycles. The van der Waals surface area contributed by atoms with Gasteiger partial charge in [0.2, 0.25) is 5.67 Å². The first-order valence-corrected chi connectivity index (χ1v) is 6.21. The smallest absolute Gasteiger partial charge is 0.346 e. The number of halogens is 2. The van der Waals surface area contributed by atoms with Crippen LogP contribution in [0.25, 0.3) is 0 Å². The number of para-hydroxylation sites is 2. The third-order valence-corrected chi connectivity index (χ3v) is 3.28. The van der Waals surface area contributed by atoms with Crippen molar-refractivity contribution in [3.8, 4) is 11.5 Å². The number of rotatable bonds is 3. The maximum atomic E-state index is 14.4. The van der Waals surface area contributed by atoms with E-state index in [4.69, 9.17) is 9.47 Å². The Labute approximate surface area is 115 Å². The zero-order valence-electron chi connectivity index (χ0n) is 11.4. The van der Waals surface area contributed by atoms with Gasteiger partial charge in [0.25, 0.3) is 0 Å². The van der Waals surface area contributed by atoms with E-state index in [2.05, 4.69) is 4.74 Å². The summed E-state index contributed by atoms with van der Waals surface area (Å²) in [5.41, 5.74) is -2.80. The Morgan fingerprint density at radius 1 is 1.35 bits per heavy atom. The van der Waals surface area contributed by atoms with Gasteiger partial charge >= 0.3 is 5.97 Å². The van der Waals surface area contributed by atoms with Crippen LogP contribution in [-0.4, -0.2) is 37.1 Å². The Morgan fingerprint density at radius 2 is 1.90 bits per heavy atom. The summed E-state index contributed by atoms with van der Waals surface area (Å²) < 4.78 is 43.8. The van der Waals surface area contributed by atoms with Crippen molar-refractivity contribution in [2.24, 2.45) is 0 Å². The molecule has 0 N–H and O–H groups in total. The molecule has 0 amide bonds. The molecule has 0 fully saturated rings. The predicted octanol–water partition coefficient (Wildman–Crippen LogP) is 2.45. The Balaban J connectivity index is 2.24. The molecular formula is C14H16F2O4. The molecule has 0 saturated carbocycles. The zero-order chi connectivity index (χ0) is 14.9. The molecule has 4 unspecified atom stereocenters. The fraction of sp³-hybridized carbons (Fsp3) is 0.500. The number of carbonyl (C=O) groups excluding carboxylic acids is 1.